The summed E-state index contributed by atoms with van der Waals surface area (Å²) in [6, 6.07) is 28.8. The van der Waals surface area contributed by atoms with Crippen molar-refractivity contribution >= 4 is 17.5 Å². The van der Waals surface area contributed by atoms with Crippen LogP contribution in [0, 0.1) is 11.3 Å². The predicted octanol–water partition coefficient (Wildman–Crippen LogP) is 7.31. The fraction of sp³-hybridized carbons (Fsp3) is 0.312. The first-order valence-corrected chi connectivity index (χ1v) is 12.8. The van der Waals surface area contributed by atoms with E-state index in [2.05, 4.69) is 48.2 Å². The van der Waals surface area contributed by atoms with Gasteiger partial charge in [-0.25, -0.2) is 0 Å². The number of fused-ring (bicyclic) bond motifs is 1. The lowest BCUT2D eigenvalue weighted by Gasteiger charge is -2.36. The molecular weight excluding hydrogens is 428 g/mol. The first kappa shape index (κ1) is 24.5. The summed E-state index contributed by atoms with van der Waals surface area (Å²) in [4.78, 5) is 15.8. The topological polar surface area (TPSA) is 44.1 Å². The monoisotopic (exact) mass is 462 g/mol. The van der Waals surface area contributed by atoms with E-state index in [1.165, 1.54) is 0 Å². The Morgan fingerprint density at radius 2 is 1.60 bits per heavy atom. The second-order valence-electron chi connectivity index (χ2n) is 9.37. The third kappa shape index (κ3) is 5.38. The van der Waals surface area contributed by atoms with Gasteiger partial charge in [-0.15, -0.1) is 0 Å². The van der Waals surface area contributed by atoms with E-state index in [0.29, 0.717) is 5.56 Å². The standard InChI is InChI=1S/C32H34N2O/c1-2-22-34(29-17-12-13-26(24-29)25-33)23-11-4-3-10-21-32(28-15-6-5-7-16-28)30-18-9-8-14-27(30)19-20-31(32)35/h5-9,12-20,24H,2-4,10-11,21-23H2,1H3. The summed E-state index contributed by atoms with van der Waals surface area (Å²) in [6.07, 6.45) is 9.93. The highest BCUT2D eigenvalue weighted by Crippen LogP contribution is 2.43. The van der Waals surface area contributed by atoms with E-state index in [1.54, 1.807) is 6.08 Å². The van der Waals surface area contributed by atoms with Crippen LogP contribution in [-0.2, 0) is 10.2 Å². The molecule has 1 unspecified atom stereocenters. The third-order valence-electron chi connectivity index (χ3n) is 7.09. The number of anilines is 1. The first-order valence-electron chi connectivity index (χ1n) is 12.8. The van der Waals surface area contributed by atoms with Gasteiger partial charge in [0.25, 0.3) is 0 Å². The second kappa shape index (κ2) is 11.7. The van der Waals surface area contributed by atoms with Gasteiger partial charge in [0.05, 0.1) is 17.0 Å². The molecule has 0 fully saturated rings. The number of carbonyl (C=O) groups is 1. The van der Waals surface area contributed by atoms with Crippen molar-refractivity contribution in [2.75, 3.05) is 18.0 Å². The molecule has 0 radical (unpaired) electrons. The Morgan fingerprint density at radius 3 is 2.40 bits per heavy atom. The number of carbonyl (C=O) groups excluding carboxylic acids is 1. The summed E-state index contributed by atoms with van der Waals surface area (Å²) in [5, 5.41) is 9.24. The molecule has 0 amide bonds. The largest absolute Gasteiger partial charge is 0.372 e. The second-order valence-corrected chi connectivity index (χ2v) is 9.37. The fourth-order valence-corrected chi connectivity index (χ4v) is 5.35. The van der Waals surface area contributed by atoms with E-state index in [-0.39, 0.29) is 5.78 Å². The van der Waals surface area contributed by atoms with Gasteiger partial charge in [-0.3, -0.25) is 4.79 Å². The van der Waals surface area contributed by atoms with Crippen molar-refractivity contribution in [3.63, 3.8) is 0 Å². The van der Waals surface area contributed by atoms with Crippen LogP contribution in [0.5, 0.6) is 0 Å². The first-order chi connectivity index (χ1) is 17.2. The minimum atomic E-state index is -0.599. The zero-order valence-electron chi connectivity index (χ0n) is 20.6. The van der Waals surface area contributed by atoms with Gasteiger partial charge in [-0.2, -0.15) is 5.26 Å². The molecule has 3 heteroatoms. The van der Waals surface area contributed by atoms with Crippen LogP contribution in [0.15, 0.2) is 84.9 Å². The maximum atomic E-state index is 13.5. The Bertz CT molecular complexity index is 1210. The number of nitriles is 1. The zero-order chi connectivity index (χ0) is 24.5. The van der Waals surface area contributed by atoms with Crippen molar-refractivity contribution < 1.29 is 4.79 Å². The van der Waals surface area contributed by atoms with Crippen molar-refractivity contribution in [3.05, 3.63) is 107 Å². The normalized spacial score (nSPS) is 16.5. The van der Waals surface area contributed by atoms with Gasteiger partial charge in [-0.1, -0.05) is 92.9 Å². The molecule has 0 aliphatic heterocycles. The van der Waals surface area contributed by atoms with Crippen LogP contribution in [0.2, 0.25) is 0 Å². The molecule has 4 rings (SSSR count). The van der Waals surface area contributed by atoms with Gasteiger partial charge in [-0.05, 0) is 60.2 Å². The molecule has 1 aliphatic rings. The number of benzene rings is 3. The van der Waals surface area contributed by atoms with Gasteiger partial charge in [0.15, 0.2) is 5.78 Å². The molecule has 35 heavy (non-hydrogen) atoms. The Kier molecular flexibility index (Phi) is 8.16. The molecule has 0 bridgehead atoms. The lowest BCUT2D eigenvalue weighted by atomic mass is 9.64. The van der Waals surface area contributed by atoms with Crippen LogP contribution in [0.3, 0.4) is 0 Å². The molecule has 0 N–H and O–H groups in total. The van der Waals surface area contributed by atoms with Crippen LogP contribution in [0.4, 0.5) is 5.69 Å². The van der Waals surface area contributed by atoms with Crippen molar-refractivity contribution in [1.29, 1.82) is 5.26 Å². The molecule has 3 nitrogen and oxygen atoms in total. The number of unbranched alkanes of at least 4 members (excludes halogenated alkanes) is 3. The number of nitrogens with zero attached hydrogens (tertiary/aromatic N) is 2. The van der Waals surface area contributed by atoms with Crippen molar-refractivity contribution in [1.82, 2.24) is 0 Å². The van der Waals surface area contributed by atoms with E-state index in [1.807, 2.05) is 54.6 Å². The lowest BCUT2D eigenvalue weighted by Crippen LogP contribution is -2.38. The van der Waals surface area contributed by atoms with E-state index < -0.39 is 5.41 Å². The quantitative estimate of drug-likeness (QED) is 0.281. The van der Waals surface area contributed by atoms with Gasteiger partial charge in [0.1, 0.15) is 0 Å². The SMILES string of the molecule is CCCN(CCCCCCC1(c2ccccc2)C(=O)C=Cc2ccccc21)c1cccc(C#N)c1. The molecule has 0 saturated heterocycles. The van der Waals surface area contributed by atoms with Crippen LogP contribution in [-0.4, -0.2) is 18.9 Å². The average molecular weight is 463 g/mol. The molecule has 0 aromatic heterocycles. The average Bonchev–Trinajstić information content (AvgIpc) is 2.91. The molecule has 0 saturated carbocycles. The summed E-state index contributed by atoms with van der Waals surface area (Å²) in [7, 11) is 0. The number of rotatable bonds is 11. The van der Waals surface area contributed by atoms with E-state index in [4.69, 9.17) is 0 Å². The maximum absolute atomic E-state index is 13.5. The molecule has 3 aromatic rings. The summed E-state index contributed by atoms with van der Waals surface area (Å²) in [6.45, 7) is 4.16. The van der Waals surface area contributed by atoms with Crippen molar-refractivity contribution in [2.45, 2.75) is 50.9 Å². The van der Waals surface area contributed by atoms with Crippen LogP contribution < -0.4 is 4.90 Å². The molecule has 1 aliphatic carbocycles. The Morgan fingerprint density at radius 1 is 0.829 bits per heavy atom. The van der Waals surface area contributed by atoms with Gasteiger partial charge >= 0.3 is 0 Å². The molecule has 3 aromatic carbocycles. The lowest BCUT2D eigenvalue weighted by molar-refractivity contribution is -0.118. The number of ketones is 1. The Hall–Kier alpha value is -3.64. The van der Waals surface area contributed by atoms with Crippen LogP contribution in [0.1, 0.15) is 67.7 Å². The minimum Gasteiger partial charge on any atom is -0.372 e. The van der Waals surface area contributed by atoms with Crippen LogP contribution >= 0.6 is 0 Å². The highest BCUT2D eigenvalue weighted by Gasteiger charge is 2.42. The summed E-state index contributed by atoms with van der Waals surface area (Å²) >= 11 is 0. The highest BCUT2D eigenvalue weighted by molar-refractivity contribution is 6.07. The maximum Gasteiger partial charge on any atom is 0.170 e. The highest BCUT2D eigenvalue weighted by atomic mass is 16.1. The summed E-state index contributed by atoms with van der Waals surface area (Å²) < 4.78 is 0. The van der Waals surface area contributed by atoms with E-state index in [0.717, 1.165) is 74.0 Å². The third-order valence-corrected chi connectivity index (χ3v) is 7.09. The summed E-state index contributed by atoms with van der Waals surface area (Å²) in [5.41, 5.74) is 4.61. The van der Waals surface area contributed by atoms with Crippen molar-refractivity contribution in [3.8, 4) is 6.07 Å². The van der Waals surface area contributed by atoms with Gasteiger partial charge in [0.2, 0.25) is 0 Å². The number of hydrogen-bond donors (Lipinski definition) is 0. The van der Waals surface area contributed by atoms with E-state index >= 15 is 0 Å². The van der Waals surface area contributed by atoms with Gasteiger partial charge in [0, 0.05) is 18.8 Å². The van der Waals surface area contributed by atoms with E-state index in [9.17, 15) is 10.1 Å². The smallest absolute Gasteiger partial charge is 0.170 e. The predicted molar refractivity (Wildman–Crippen MR) is 144 cm³/mol. The molecule has 1 atom stereocenters. The Balaban J connectivity index is 1.41. The summed E-state index contributed by atoms with van der Waals surface area (Å²) in [5.74, 6) is 0.189. The fourth-order valence-electron chi connectivity index (χ4n) is 5.35. The zero-order valence-corrected chi connectivity index (χ0v) is 20.6. The number of allylic oxidation sites excluding steroid dienone is 1. The number of hydrogen-bond acceptors (Lipinski definition) is 3. The Labute approximate surface area is 209 Å². The molecule has 0 heterocycles. The molecule has 0 spiro atoms. The molecule has 178 valence electrons. The molecular formula is C32H34N2O. The van der Waals surface area contributed by atoms with Gasteiger partial charge < -0.3 is 4.90 Å². The minimum absolute atomic E-state index is 0.189. The van der Waals surface area contributed by atoms with Crippen LogP contribution in [0.25, 0.3) is 6.08 Å². The van der Waals surface area contributed by atoms with Crippen molar-refractivity contribution in [2.24, 2.45) is 0 Å².